The van der Waals surface area contributed by atoms with Gasteiger partial charge in [-0.2, -0.15) is 0 Å². The fraction of sp³-hybridized carbons (Fsp3) is 0.867. The van der Waals surface area contributed by atoms with Crippen molar-refractivity contribution in [1.82, 2.24) is 10.6 Å². The summed E-state index contributed by atoms with van der Waals surface area (Å²) in [6.45, 7) is 4.90. The normalized spacial score (nSPS) is 14.9. The van der Waals surface area contributed by atoms with E-state index in [1.54, 1.807) is 0 Å². The van der Waals surface area contributed by atoms with Crippen LogP contribution in [0.25, 0.3) is 0 Å². The Bertz CT molecular complexity index is 321. The van der Waals surface area contributed by atoms with Crippen molar-refractivity contribution in [3.63, 3.8) is 0 Å². The summed E-state index contributed by atoms with van der Waals surface area (Å²) in [7, 11) is 0. The number of hydrogen-bond donors (Lipinski definition) is 3. The van der Waals surface area contributed by atoms with Crippen LogP contribution < -0.4 is 16.4 Å². The number of nitrogens with two attached hydrogens (primary N) is 1. The van der Waals surface area contributed by atoms with Gasteiger partial charge in [0.2, 0.25) is 11.8 Å². The van der Waals surface area contributed by atoms with Crippen LogP contribution in [0.3, 0.4) is 0 Å². The largest absolute Gasteiger partial charge is 0.355 e. The maximum absolute atomic E-state index is 12.4. The second-order valence-corrected chi connectivity index (χ2v) is 5.83. The van der Waals surface area contributed by atoms with Crippen LogP contribution in [0.5, 0.6) is 0 Å². The van der Waals surface area contributed by atoms with E-state index >= 15 is 0 Å². The van der Waals surface area contributed by atoms with Crippen molar-refractivity contribution >= 4 is 11.8 Å². The van der Waals surface area contributed by atoms with Crippen molar-refractivity contribution < 1.29 is 9.59 Å². The summed E-state index contributed by atoms with van der Waals surface area (Å²) >= 11 is 0. The minimum atomic E-state index is -0.462. The van der Waals surface area contributed by atoms with Crippen LogP contribution in [0.15, 0.2) is 0 Å². The summed E-state index contributed by atoms with van der Waals surface area (Å²) in [5.41, 5.74) is 5.38. The zero-order chi connectivity index (χ0) is 15.0. The van der Waals surface area contributed by atoms with Gasteiger partial charge >= 0.3 is 0 Å². The summed E-state index contributed by atoms with van der Waals surface area (Å²) in [6, 6.07) is 0.376. The third-order valence-electron chi connectivity index (χ3n) is 3.91. The van der Waals surface area contributed by atoms with E-state index in [1.165, 1.54) is 0 Å². The topological polar surface area (TPSA) is 84.2 Å². The molecule has 1 rings (SSSR count). The van der Waals surface area contributed by atoms with Gasteiger partial charge in [0.15, 0.2) is 0 Å². The van der Waals surface area contributed by atoms with Crippen LogP contribution in [0, 0.1) is 5.41 Å². The van der Waals surface area contributed by atoms with E-state index in [1.807, 2.05) is 0 Å². The lowest BCUT2D eigenvalue weighted by Crippen LogP contribution is -2.46. The number of nitrogens with one attached hydrogen (secondary N) is 2. The van der Waals surface area contributed by atoms with Gasteiger partial charge in [0.25, 0.3) is 0 Å². The molecule has 0 aliphatic heterocycles. The van der Waals surface area contributed by atoms with Gasteiger partial charge in [0.05, 0.1) is 5.41 Å². The summed E-state index contributed by atoms with van der Waals surface area (Å²) < 4.78 is 0. The molecule has 1 saturated carbocycles. The molecule has 0 spiro atoms. The highest BCUT2D eigenvalue weighted by atomic mass is 16.2. The minimum absolute atomic E-state index is 0.00271. The predicted octanol–water partition coefficient (Wildman–Crippen LogP) is 1.32. The van der Waals surface area contributed by atoms with E-state index in [0.717, 1.165) is 38.5 Å². The summed E-state index contributed by atoms with van der Waals surface area (Å²) in [5.74, 6) is 0.0278. The molecular formula is C15H29N3O2. The molecule has 0 aromatic carbocycles. The van der Waals surface area contributed by atoms with Gasteiger partial charge in [-0.3, -0.25) is 9.59 Å². The number of amides is 2. The standard InChI is InChI=1S/C15H29N3O2/c1-3-8-15(11-16,9-4-2)14(20)17-10-7-13(19)18-12-5-6-12/h12H,3-11,16H2,1-2H3,(H,17,20)(H,18,19). The minimum Gasteiger partial charge on any atom is -0.355 e. The van der Waals surface area contributed by atoms with Crippen LogP contribution in [0.4, 0.5) is 0 Å². The molecule has 20 heavy (non-hydrogen) atoms. The van der Waals surface area contributed by atoms with Crippen LogP contribution in [-0.2, 0) is 9.59 Å². The second kappa shape index (κ2) is 8.25. The van der Waals surface area contributed by atoms with E-state index in [4.69, 9.17) is 5.73 Å². The molecule has 0 saturated heterocycles. The van der Waals surface area contributed by atoms with E-state index in [0.29, 0.717) is 25.6 Å². The smallest absolute Gasteiger partial charge is 0.227 e. The molecule has 4 N–H and O–H groups in total. The monoisotopic (exact) mass is 283 g/mol. The van der Waals surface area contributed by atoms with Crippen molar-refractivity contribution in [2.75, 3.05) is 13.1 Å². The molecule has 5 nitrogen and oxygen atoms in total. The molecule has 0 radical (unpaired) electrons. The summed E-state index contributed by atoms with van der Waals surface area (Å²) in [4.78, 5) is 23.9. The number of rotatable bonds is 10. The molecule has 1 aliphatic rings. The van der Waals surface area contributed by atoms with Crippen molar-refractivity contribution in [2.45, 2.75) is 64.8 Å². The number of carbonyl (C=O) groups excluding carboxylic acids is 2. The van der Waals surface area contributed by atoms with E-state index < -0.39 is 5.41 Å². The molecule has 116 valence electrons. The molecule has 2 amide bonds. The molecule has 0 heterocycles. The lowest BCUT2D eigenvalue weighted by Gasteiger charge is -2.30. The van der Waals surface area contributed by atoms with E-state index in [9.17, 15) is 9.59 Å². The van der Waals surface area contributed by atoms with E-state index in [2.05, 4.69) is 24.5 Å². The Morgan fingerprint density at radius 1 is 1.20 bits per heavy atom. The molecule has 0 aromatic heterocycles. The van der Waals surface area contributed by atoms with Gasteiger partial charge in [0.1, 0.15) is 0 Å². The first-order valence-corrected chi connectivity index (χ1v) is 7.85. The first kappa shape index (κ1) is 17.0. The Morgan fingerprint density at radius 2 is 1.80 bits per heavy atom. The summed E-state index contributed by atoms with van der Waals surface area (Å²) in [5, 5.41) is 5.80. The van der Waals surface area contributed by atoms with Gasteiger partial charge < -0.3 is 16.4 Å². The van der Waals surface area contributed by atoms with Crippen LogP contribution >= 0.6 is 0 Å². The van der Waals surface area contributed by atoms with Crippen LogP contribution in [0.1, 0.15) is 58.8 Å². The summed E-state index contributed by atoms with van der Waals surface area (Å²) in [6.07, 6.45) is 6.00. The van der Waals surface area contributed by atoms with Gasteiger partial charge in [0, 0.05) is 25.6 Å². The van der Waals surface area contributed by atoms with Crippen LogP contribution in [-0.4, -0.2) is 30.9 Å². The Labute approximate surface area is 122 Å². The van der Waals surface area contributed by atoms with Crippen molar-refractivity contribution in [1.29, 1.82) is 0 Å². The first-order chi connectivity index (χ1) is 9.57. The first-order valence-electron chi connectivity index (χ1n) is 7.85. The third kappa shape index (κ3) is 5.12. The highest BCUT2D eigenvalue weighted by Crippen LogP contribution is 2.29. The Balaban J connectivity index is 2.37. The van der Waals surface area contributed by atoms with Crippen molar-refractivity contribution in [3.05, 3.63) is 0 Å². The highest BCUT2D eigenvalue weighted by molar-refractivity contribution is 5.83. The van der Waals surface area contributed by atoms with Crippen molar-refractivity contribution in [2.24, 2.45) is 11.1 Å². The van der Waals surface area contributed by atoms with Gasteiger partial charge in [-0.05, 0) is 25.7 Å². The van der Waals surface area contributed by atoms with Crippen LogP contribution in [0.2, 0.25) is 0 Å². The fourth-order valence-electron chi connectivity index (χ4n) is 2.61. The lowest BCUT2D eigenvalue weighted by molar-refractivity contribution is -0.131. The number of carbonyl (C=O) groups is 2. The predicted molar refractivity (Wildman–Crippen MR) is 80.1 cm³/mol. The molecular weight excluding hydrogens is 254 g/mol. The SMILES string of the molecule is CCCC(CN)(CCC)C(=O)NCCC(=O)NC1CC1. The molecule has 0 bridgehead atoms. The molecule has 1 aliphatic carbocycles. The highest BCUT2D eigenvalue weighted by Gasteiger charge is 2.35. The quantitative estimate of drug-likeness (QED) is 0.565. The van der Waals surface area contributed by atoms with E-state index in [-0.39, 0.29) is 11.8 Å². The van der Waals surface area contributed by atoms with Gasteiger partial charge in [-0.1, -0.05) is 26.7 Å². The zero-order valence-electron chi connectivity index (χ0n) is 12.8. The second-order valence-electron chi connectivity index (χ2n) is 5.83. The Morgan fingerprint density at radius 3 is 2.25 bits per heavy atom. The molecule has 0 aromatic rings. The maximum Gasteiger partial charge on any atom is 0.227 e. The number of hydrogen-bond acceptors (Lipinski definition) is 3. The Hall–Kier alpha value is -1.10. The molecule has 0 atom stereocenters. The third-order valence-corrected chi connectivity index (χ3v) is 3.91. The van der Waals surface area contributed by atoms with Gasteiger partial charge in [-0.15, -0.1) is 0 Å². The average molecular weight is 283 g/mol. The zero-order valence-corrected chi connectivity index (χ0v) is 12.8. The lowest BCUT2D eigenvalue weighted by atomic mass is 9.78. The molecule has 5 heteroatoms. The van der Waals surface area contributed by atoms with Crippen molar-refractivity contribution in [3.8, 4) is 0 Å². The average Bonchev–Trinajstić information content (AvgIpc) is 3.22. The van der Waals surface area contributed by atoms with Gasteiger partial charge in [-0.25, -0.2) is 0 Å². The maximum atomic E-state index is 12.4. The molecule has 1 fully saturated rings. The Kier molecular flexibility index (Phi) is 6.99. The fourth-order valence-corrected chi connectivity index (χ4v) is 2.61. The molecule has 0 unspecified atom stereocenters.